The Morgan fingerprint density at radius 2 is 1.59 bits per heavy atom. The molecule has 0 saturated carbocycles. The van der Waals surface area contributed by atoms with E-state index in [-0.39, 0.29) is 18.1 Å². The van der Waals surface area contributed by atoms with Crippen LogP contribution < -0.4 is 9.62 Å². The molecule has 32 heavy (non-hydrogen) atoms. The van der Waals surface area contributed by atoms with Crippen LogP contribution in [0.5, 0.6) is 0 Å². The summed E-state index contributed by atoms with van der Waals surface area (Å²) in [4.78, 5) is 27.5. The van der Waals surface area contributed by atoms with Crippen LogP contribution in [0.3, 0.4) is 0 Å². The second-order valence-electron chi connectivity index (χ2n) is 8.67. The second kappa shape index (κ2) is 10.1. The summed E-state index contributed by atoms with van der Waals surface area (Å²) in [7, 11) is -3.84. The normalized spacial score (nSPS) is 12.7. The van der Waals surface area contributed by atoms with Gasteiger partial charge >= 0.3 is 0 Å². The van der Waals surface area contributed by atoms with Gasteiger partial charge < -0.3 is 10.2 Å². The molecule has 0 radical (unpaired) electrons. The fourth-order valence-corrected chi connectivity index (χ4v) is 3.91. The topological polar surface area (TPSA) is 86.8 Å². The van der Waals surface area contributed by atoms with E-state index in [0.717, 1.165) is 28.3 Å². The summed E-state index contributed by atoms with van der Waals surface area (Å²) in [6.45, 7) is 6.71. The van der Waals surface area contributed by atoms with Crippen molar-refractivity contribution < 1.29 is 22.4 Å². The molecule has 0 aliphatic heterocycles. The van der Waals surface area contributed by atoms with Crippen LogP contribution in [0.2, 0.25) is 0 Å². The van der Waals surface area contributed by atoms with Gasteiger partial charge in [-0.1, -0.05) is 30.3 Å². The monoisotopic (exact) mass is 463 g/mol. The lowest BCUT2D eigenvalue weighted by Gasteiger charge is -2.33. The molecule has 0 unspecified atom stereocenters. The highest BCUT2D eigenvalue weighted by atomic mass is 32.2. The molecule has 0 spiro atoms. The van der Waals surface area contributed by atoms with Gasteiger partial charge in [0, 0.05) is 12.1 Å². The molecule has 9 heteroatoms. The van der Waals surface area contributed by atoms with Crippen LogP contribution >= 0.6 is 0 Å². The fourth-order valence-electron chi connectivity index (χ4n) is 3.06. The van der Waals surface area contributed by atoms with E-state index in [1.54, 1.807) is 6.92 Å². The van der Waals surface area contributed by atoms with Crippen molar-refractivity contribution >= 4 is 27.5 Å². The number of benzene rings is 2. The van der Waals surface area contributed by atoms with E-state index >= 15 is 0 Å². The Kier molecular flexibility index (Phi) is 8.01. The highest BCUT2D eigenvalue weighted by Crippen LogP contribution is 2.19. The maximum atomic E-state index is 13.3. The Bertz CT molecular complexity index is 1040. The minimum atomic E-state index is -3.84. The van der Waals surface area contributed by atoms with Crippen molar-refractivity contribution in [1.29, 1.82) is 0 Å². The van der Waals surface area contributed by atoms with Crippen molar-refractivity contribution in [3.8, 4) is 0 Å². The van der Waals surface area contributed by atoms with Crippen molar-refractivity contribution in [2.24, 2.45) is 0 Å². The number of carbonyl (C=O) groups excluding carboxylic acids is 2. The van der Waals surface area contributed by atoms with Crippen LogP contribution in [0.25, 0.3) is 0 Å². The van der Waals surface area contributed by atoms with E-state index in [2.05, 4.69) is 5.32 Å². The molecule has 0 saturated heterocycles. The summed E-state index contributed by atoms with van der Waals surface area (Å²) < 4.78 is 39.0. The quantitative estimate of drug-likeness (QED) is 0.652. The van der Waals surface area contributed by atoms with E-state index < -0.39 is 39.9 Å². The van der Waals surface area contributed by atoms with E-state index in [0.29, 0.717) is 0 Å². The number of carbonyl (C=O) groups is 2. The number of hydrogen-bond acceptors (Lipinski definition) is 4. The standard InChI is InChI=1S/C23H30FN3O4S/c1-17(22(29)25-23(2,3)4)26(15-18-9-7-6-8-10-18)21(28)16-27(32(5,30)31)20-13-11-19(24)12-14-20/h6-14,17H,15-16H2,1-5H3,(H,25,29)/t17-/m1/s1. The number of nitrogens with one attached hydrogen (secondary N) is 1. The molecular formula is C23H30FN3O4S. The summed E-state index contributed by atoms with van der Waals surface area (Å²) in [5.41, 5.74) is 0.456. The molecule has 2 aromatic rings. The van der Waals surface area contributed by atoms with Crippen molar-refractivity contribution in [3.63, 3.8) is 0 Å². The maximum Gasteiger partial charge on any atom is 0.244 e. The van der Waals surface area contributed by atoms with Gasteiger partial charge in [-0.2, -0.15) is 0 Å². The second-order valence-corrected chi connectivity index (χ2v) is 10.6. The Balaban J connectivity index is 2.36. The van der Waals surface area contributed by atoms with Gasteiger partial charge in [-0.25, -0.2) is 12.8 Å². The van der Waals surface area contributed by atoms with E-state index in [1.165, 1.54) is 17.0 Å². The molecule has 7 nitrogen and oxygen atoms in total. The van der Waals surface area contributed by atoms with E-state index in [4.69, 9.17) is 0 Å². The highest BCUT2D eigenvalue weighted by molar-refractivity contribution is 7.92. The largest absolute Gasteiger partial charge is 0.350 e. The molecule has 2 aromatic carbocycles. The van der Waals surface area contributed by atoms with Crippen molar-refractivity contribution in [1.82, 2.24) is 10.2 Å². The zero-order valence-electron chi connectivity index (χ0n) is 19.0. The Morgan fingerprint density at radius 3 is 2.09 bits per heavy atom. The lowest BCUT2D eigenvalue weighted by atomic mass is 10.1. The lowest BCUT2D eigenvalue weighted by molar-refractivity contribution is -0.140. The number of amides is 2. The maximum absolute atomic E-state index is 13.3. The highest BCUT2D eigenvalue weighted by Gasteiger charge is 2.31. The summed E-state index contributed by atoms with van der Waals surface area (Å²) >= 11 is 0. The number of halogens is 1. The molecule has 0 fully saturated rings. The third kappa shape index (κ3) is 7.33. The van der Waals surface area contributed by atoms with Crippen LogP contribution in [0.1, 0.15) is 33.3 Å². The molecule has 0 aliphatic rings. The third-order valence-corrected chi connectivity index (χ3v) is 5.80. The number of anilines is 1. The molecule has 2 rings (SSSR count). The predicted molar refractivity (Wildman–Crippen MR) is 123 cm³/mol. The first-order valence-corrected chi connectivity index (χ1v) is 12.0. The van der Waals surface area contributed by atoms with Crippen LogP contribution in [0.4, 0.5) is 10.1 Å². The number of hydrogen-bond donors (Lipinski definition) is 1. The van der Waals surface area contributed by atoms with Gasteiger partial charge in [0.2, 0.25) is 21.8 Å². The summed E-state index contributed by atoms with van der Waals surface area (Å²) in [5, 5.41) is 2.86. The zero-order valence-corrected chi connectivity index (χ0v) is 19.8. The van der Waals surface area contributed by atoms with Crippen molar-refractivity contribution in [2.75, 3.05) is 17.1 Å². The molecule has 1 N–H and O–H groups in total. The van der Waals surface area contributed by atoms with Gasteiger partial charge in [-0.3, -0.25) is 13.9 Å². The minimum absolute atomic E-state index is 0.124. The third-order valence-electron chi connectivity index (χ3n) is 4.66. The summed E-state index contributed by atoms with van der Waals surface area (Å²) in [5.74, 6) is -1.43. The van der Waals surface area contributed by atoms with E-state index in [9.17, 15) is 22.4 Å². The van der Waals surface area contributed by atoms with Gasteiger partial charge in [-0.15, -0.1) is 0 Å². The smallest absolute Gasteiger partial charge is 0.244 e. The van der Waals surface area contributed by atoms with Crippen LogP contribution in [-0.4, -0.2) is 49.5 Å². The number of sulfonamides is 1. The molecular weight excluding hydrogens is 433 g/mol. The fraction of sp³-hybridized carbons (Fsp3) is 0.391. The first kappa shape index (κ1) is 25.3. The van der Waals surface area contributed by atoms with Gasteiger partial charge in [0.25, 0.3) is 0 Å². The molecule has 1 atom stereocenters. The molecule has 174 valence electrons. The molecule has 0 bridgehead atoms. The number of nitrogens with zero attached hydrogens (tertiary/aromatic N) is 2. The average Bonchev–Trinajstić information content (AvgIpc) is 2.69. The van der Waals surface area contributed by atoms with Crippen LogP contribution in [-0.2, 0) is 26.2 Å². The van der Waals surface area contributed by atoms with Gasteiger partial charge in [0.15, 0.2) is 0 Å². The Labute approximate surface area is 189 Å². The minimum Gasteiger partial charge on any atom is -0.350 e. The first-order valence-electron chi connectivity index (χ1n) is 10.2. The average molecular weight is 464 g/mol. The van der Waals surface area contributed by atoms with Gasteiger partial charge in [0.05, 0.1) is 11.9 Å². The number of rotatable bonds is 8. The SMILES string of the molecule is C[C@H](C(=O)NC(C)(C)C)N(Cc1ccccc1)C(=O)CN(c1ccc(F)cc1)S(C)(=O)=O. The van der Waals surface area contributed by atoms with Gasteiger partial charge in [0.1, 0.15) is 18.4 Å². The van der Waals surface area contributed by atoms with Gasteiger partial charge in [-0.05, 0) is 57.5 Å². The molecule has 0 aliphatic carbocycles. The zero-order chi connectivity index (χ0) is 24.1. The first-order chi connectivity index (χ1) is 14.8. The summed E-state index contributed by atoms with van der Waals surface area (Å²) in [6.07, 6.45) is 0.973. The lowest BCUT2D eigenvalue weighted by Crippen LogP contribution is -2.54. The van der Waals surface area contributed by atoms with E-state index in [1.807, 2.05) is 51.1 Å². The van der Waals surface area contributed by atoms with Crippen molar-refractivity contribution in [3.05, 3.63) is 66.0 Å². The molecule has 0 aromatic heterocycles. The molecule has 2 amide bonds. The Morgan fingerprint density at radius 1 is 1.03 bits per heavy atom. The Hall–Kier alpha value is -2.94. The summed E-state index contributed by atoms with van der Waals surface area (Å²) in [6, 6.07) is 13.1. The molecule has 0 heterocycles. The van der Waals surface area contributed by atoms with Crippen molar-refractivity contribution in [2.45, 2.75) is 45.8 Å². The van der Waals surface area contributed by atoms with Crippen LogP contribution in [0, 0.1) is 5.82 Å². The van der Waals surface area contributed by atoms with Crippen LogP contribution in [0.15, 0.2) is 54.6 Å². The predicted octanol–water partition coefficient (Wildman–Crippen LogP) is 2.92.